The number of hydrogen-bond acceptors (Lipinski definition) is 6. The van der Waals surface area contributed by atoms with Gasteiger partial charge in [0.1, 0.15) is 12.7 Å². The molecule has 3 heterocycles. The molecule has 0 unspecified atom stereocenters. The Bertz CT molecular complexity index is 1010. The Morgan fingerprint density at radius 2 is 1.90 bits per heavy atom. The summed E-state index contributed by atoms with van der Waals surface area (Å²) in [4.78, 5) is 25.7. The average Bonchev–Trinajstić information content (AvgIpc) is 3.40. The van der Waals surface area contributed by atoms with Crippen molar-refractivity contribution in [1.29, 1.82) is 0 Å². The number of anilines is 1. The molecule has 4 aliphatic rings. The maximum Gasteiger partial charge on any atom is 0.259 e. The van der Waals surface area contributed by atoms with E-state index >= 15 is 0 Å². The van der Waals surface area contributed by atoms with Crippen molar-refractivity contribution in [3.8, 4) is 5.82 Å². The van der Waals surface area contributed by atoms with Gasteiger partial charge in [0, 0.05) is 17.0 Å². The van der Waals surface area contributed by atoms with Crippen LogP contribution in [0.2, 0.25) is 0 Å². The molecular weight excluding hydrogens is 384 g/mol. The topological polar surface area (TPSA) is 85.6 Å². The third-order valence-electron chi connectivity index (χ3n) is 6.97. The monoisotopic (exact) mass is 406 g/mol. The molecule has 1 N–H and O–H groups in total. The van der Waals surface area contributed by atoms with Gasteiger partial charge in [-0.1, -0.05) is 0 Å². The normalized spacial score (nSPS) is 29.9. The predicted molar refractivity (Wildman–Crippen MR) is 109 cm³/mol. The van der Waals surface area contributed by atoms with Crippen LogP contribution in [0.15, 0.2) is 36.4 Å². The summed E-state index contributed by atoms with van der Waals surface area (Å²) in [7, 11) is 0. The van der Waals surface area contributed by atoms with Crippen LogP contribution >= 0.6 is 11.3 Å². The van der Waals surface area contributed by atoms with Crippen molar-refractivity contribution in [3.05, 3.63) is 47.6 Å². The molecule has 4 fully saturated rings. The van der Waals surface area contributed by atoms with E-state index in [1.807, 2.05) is 0 Å². The summed E-state index contributed by atoms with van der Waals surface area (Å²) in [6.45, 7) is 0. The van der Waals surface area contributed by atoms with Crippen LogP contribution in [0.1, 0.15) is 54.6 Å². The number of nitrogens with one attached hydrogen (secondary N) is 1. The molecule has 0 saturated heterocycles. The van der Waals surface area contributed by atoms with Crippen molar-refractivity contribution in [2.24, 2.45) is 17.8 Å². The van der Waals surface area contributed by atoms with Gasteiger partial charge in [-0.2, -0.15) is 5.10 Å². The van der Waals surface area contributed by atoms with E-state index in [0.29, 0.717) is 16.5 Å². The van der Waals surface area contributed by atoms with Crippen molar-refractivity contribution < 1.29 is 4.79 Å². The van der Waals surface area contributed by atoms with Crippen molar-refractivity contribution in [2.75, 3.05) is 5.32 Å². The number of rotatable bonds is 4. The molecule has 0 aromatic carbocycles. The molecule has 7 rings (SSSR count). The van der Waals surface area contributed by atoms with Crippen molar-refractivity contribution >= 4 is 22.4 Å². The second kappa shape index (κ2) is 6.45. The highest BCUT2D eigenvalue weighted by molar-refractivity contribution is 7.14. The van der Waals surface area contributed by atoms with E-state index in [1.54, 1.807) is 29.3 Å². The first-order valence-corrected chi connectivity index (χ1v) is 11.1. The van der Waals surface area contributed by atoms with E-state index in [-0.39, 0.29) is 11.3 Å². The minimum atomic E-state index is -0.186. The van der Waals surface area contributed by atoms with Crippen molar-refractivity contribution in [1.82, 2.24) is 24.7 Å². The van der Waals surface area contributed by atoms with Gasteiger partial charge in [0.25, 0.3) is 5.91 Å². The molecule has 0 atom stereocenters. The summed E-state index contributed by atoms with van der Waals surface area (Å²) in [6, 6.07) is 3.50. The third kappa shape index (κ3) is 2.97. The van der Waals surface area contributed by atoms with Gasteiger partial charge in [-0.25, -0.2) is 19.6 Å². The van der Waals surface area contributed by atoms with Crippen LogP contribution in [0.3, 0.4) is 0 Å². The van der Waals surface area contributed by atoms with Crippen LogP contribution < -0.4 is 5.32 Å². The molecular formula is C21H22N6OS. The largest absolute Gasteiger partial charge is 0.298 e. The highest BCUT2D eigenvalue weighted by Crippen LogP contribution is 2.60. The Balaban J connectivity index is 1.18. The first kappa shape index (κ1) is 17.3. The Morgan fingerprint density at radius 1 is 1.14 bits per heavy atom. The molecule has 4 saturated carbocycles. The van der Waals surface area contributed by atoms with E-state index in [4.69, 9.17) is 4.98 Å². The maximum atomic E-state index is 12.6. The lowest BCUT2D eigenvalue weighted by molar-refractivity contribution is -0.00688. The van der Waals surface area contributed by atoms with Crippen LogP contribution in [0.4, 0.5) is 5.13 Å². The van der Waals surface area contributed by atoms with Crippen LogP contribution in [-0.2, 0) is 5.41 Å². The predicted octanol–water partition coefficient (Wildman–Crippen LogP) is 3.84. The summed E-state index contributed by atoms with van der Waals surface area (Å²) >= 11 is 1.54. The SMILES string of the molecule is O=C(Nc1nc(C23CC4CC(CC(C4)C2)C3)cs1)c1ccc(-n2cncn2)nc1. The lowest BCUT2D eigenvalue weighted by Gasteiger charge is -2.56. The molecule has 0 spiro atoms. The first-order valence-electron chi connectivity index (χ1n) is 10.3. The van der Waals surface area contributed by atoms with Gasteiger partial charge < -0.3 is 0 Å². The summed E-state index contributed by atoms with van der Waals surface area (Å²) in [5, 5.41) is 9.86. The number of aromatic nitrogens is 5. The number of carbonyl (C=O) groups is 1. The molecule has 0 radical (unpaired) electrons. The molecule has 7 nitrogen and oxygen atoms in total. The average molecular weight is 407 g/mol. The van der Waals surface area contributed by atoms with Crippen molar-refractivity contribution in [3.63, 3.8) is 0 Å². The van der Waals surface area contributed by atoms with E-state index < -0.39 is 0 Å². The second-order valence-electron chi connectivity index (χ2n) is 8.94. The van der Waals surface area contributed by atoms with Crippen molar-refractivity contribution in [2.45, 2.75) is 43.9 Å². The van der Waals surface area contributed by atoms with Crippen LogP contribution in [0, 0.1) is 17.8 Å². The summed E-state index contributed by atoms with van der Waals surface area (Å²) in [5.41, 5.74) is 1.96. The first-order chi connectivity index (χ1) is 14.2. The number of nitrogens with zero attached hydrogens (tertiary/aromatic N) is 5. The lowest BCUT2D eigenvalue weighted by atomic mass is 9.49. The number of thiazole rings is 1. The summed E-state index contributed by atoms with van der Waals surface area (Å²) < 4.78 is 1.56. The summed E-state index contributed by atoms with van der Waals surface area (Å²) in [5.74, 6) is 3.09. The summed E-state index contributed by atoms with van der Waals surface area (Å²) in [6.07, 6.45) is 12.7. The number of pyridine rings is 1. The fourth-order valence-electron chi connectivity index (χ4n) is 6.15. The Hall–Kier alpha value is -2.61. The van der Waals surface area contributed by atoms with Crippen LogP contribution in [0.25, 0.3) is 5.82 Å². The molecule has 29 heavy (non-hydrogen) atoms. The second-order valence-corrected chi connectivity index (χ2v) is 9.79. The van der Waals surface area contributed by atoms with E-state index in [9.17, 15) is 4.79 Å². The van der Waals surface area contributed by atoms with Gasteiger partial charge in [-0.3, -0.25) is 10.1 Å². The van der Waals surface area contributed by atoms with Gasteiger partial charge in [-0.05, 0) is 68.4 Å². The molecule has 0 aliphatic heterocycles. The van der Waals surface area contributed by atoms with E-state index in [0.717, 1.165) is 17.8 Å². The zero-order valence-corrected chi connectivity index (χ0v) is 16.8. The van der Waals surface area contributed by atoms with E-state index in [2.05, 4.69) is 25.8 Å². The Labute approximate surface area is 172 Å². The quantitative estimate of drug-likeness (QED) is 0.711. The van der Waals surface area contributed by atoms with Gasteiger partial charge in [-0.15, -0.1) is 11.3 Å². The Kier molecular flexibility index (Phi) is 3.84. The fraction of sp³-hybridized carbons (Fsp3) is 0.476. The smallest absolute Gasteiger partial charge is 0.259 e. The highest BCUT2D eigenvalue weighted by atomic mass is 32.1. The molecule has 3 aromatic rings. The molecule has 148 valence electrons. The number of amides is 1. The third-order valence-corrected chi connectivity index (χ3v) is 7.73. The van der Waals surface area contributed by atoms with E-state index in [1.165, 1.54) is 61.9 Å². The minimum absolute atomic E-state index is 0.186. The molecule has 4 bridgehead atoms. The molecule has 3 aromatic heterocycles. The van der Waals surface area contributed by atoms with Gasteiger partial charge in [0.05, 0.1) is 11.3 Å². The zero-order valence-electron chi connectivity index (χ0n) is 16.0. The molecule has 1 amide bonds. The molecule has 4 aliphatic carbocycles. The van der Waals surface area contributed by atoms with Gasteiger partial charge in [0.15, 0.2) is 10.9 Å². The van der Waals surface area contributed by atoms with Gasteiger partial charge >= 0.3 is 0 Å². The minimum Gasteiger partial charge on any atom is -0.298 e. The zero-order chi connectivity index (χ0) is 19.4. The number of carbonyl (C=O) groups excluding carboxylic acids is 1. The maximum absolute atomic E-state index is 12.6. The van der Waals surface area contributed by atoms with Gasteiger partial charge in [0.2, 0.25) is 0 Å². The lowest BCUT2D eigenvalue weighted by Crippen LogP contribution is -2.48. The number of hydrogen-bond donors (Lipinski definition) is 1. The standard InChI is InChI=1S/C21H22N6OS/c28-19(16-1-2-18(23-9-16)27-12-22-11-24-27)26-20-25-17(10-29-20)21-6-13-3-14(7-21)5-15(4-13)8-21/h1-2,9-15H,3-8H2,(H,25,26,28). The fourth-order valence-corrected chi connectivity index (χ4v) is 6.98. The highest BCUT2D eigenvalue weighted by Gasteiger charge is 2.52. The van der Waals surface area contributed by atoms with Crippen LogP contribution in [-0.4, -0.2) is 30.6 Å². The molecule has 8 heteroatoms. The van der Waals surface area contributed by atoms with Crippen LogP contribution in [0.5, 0.6) is 0 Å². The Morgan fingerprint density at radius 3 is 2.52 bits per heavy atom.